The van der Waals surface area contributed by atoms with Crippen LogP contribution in [-0.4, -0.2) is 30.0 Å². The van der Waals surface area contributed by atoms with Gasteiger partial charge in [-0.05, 0) is 56.3 Å². The van der Waals surface area contributed by atoms with Gasteiger partial charge in [-0.25, -0.2) is 9.40 Å². The molecule has 1 aliphatic heterocycles. The lowest BCUT2D eigenvalue weighted by Crippen LogP contribution is -2.37. The maximum atomic E-state index is 13.5. The third kappa shape index (κ3) is 5.82. The molecule has 4 nitrogen and oxygen atoms in total. The fraction of sp³-hybridized carbons (Fsp3) is 0.450. The van der Waals surface area contributed by atoms with Gasteiger partial charge in [-0.3, -0.25) is 0 Å². The number of alkyl halides is 1. The van der Waals surface area contributed by atoms with Gasteiger partial charge in [0.25, 0.3) is 0 Å². The molecule has 0 aromatic carbocycles. The van der Waals surface area contributed by atoms with Crippen molar-refractivity contribution in [2.75, 3.05) is 13.1 Å². The summed E-state index contributed by atoms with van der Waals surface area (Å²) in [5.41, 5.74) is 2.83. The van der Waals surface area contributed by atoms with E-state index in [0.29, 0.717) is 31.8 Å². The largest absolute Gasteiger partial charge is 0.385 e. The van der Waals surface area contributed by atoms with E-state index in [2.05, 4.69) is 34.9 Å². The summed E-state index contributed by atoms with van der Waals surface area (Å²) in [5.74, 6) is 0.402. The summed E-state index contributed by atoms with van der Waals surface area (Å²) in [6.07, 6.45) is 12.9. The maximum absolute atomic E-state index is 13.5. The third-order valence-corrected chi connectivity index (χ3v) is 4.31. The van der Waals surface area contributed by atoms with E-state index in [9.17, 15) is 4.39 Å². The summed E-state index contributed by atoms with van der Waals surface area (Å²) in [7, 11) is 0. The van der Waals surface area contributed by atoms with Gasteiger partial charge in [-0.1, -0.05) is 19.6 Å². The highest BCUT2D eigenvalue weighted by atomic mass is 19.1. The molecular formula is C20H27FN4. The number of nitrogens with one attached hydrogen (secondary N) is 2. The predicted molar refractivity (Wildman–Crippen MR) is 102 cm³/mol. The van der Waals surface area contributed by atoms with Crippen LogP contribution in [-0.2, 0) is 0 Å². The lowest BCUT2D eigenvalue weighted by molar-refractivity contribution is 0.0252. The first kappa shape index (κ1) is 18.9. The second-order valence-corrected chi connectivity index (χ2v) is 7.12. The molecule has 134 valence electrons. The van der Waals surface area contributed by atoms with Gasteiger partial charge >= 0.3 is 0 Å². The zero-order valence-electron chi connectivity index (χ0n) is 15.1. The van der Waals surface area contributed by atoms with Gasteiger partial charge in [-0.2, -0.15) is 5.10 Å². The van der Waals surface area contributed by atoms with E-state index >= 15 is 0 Å². The lowest BCUT2D eigenvalue weighted by atomic mass is 9.71. The number of hydrazone groups is 1. The first-order valence-electron chi connectivity index (χ1n) is 8.48. The van der Waals surface area contributed by atoms with Crippen molar-refractivity contribution in [1.29, 1.82) is 0 Å². The Labute approximate surface area is 150 Å². The van der Waals surface area contributed by atoms with Crippen molar-refractivity contribution in [3.63, 3.8) is 0 Å². The van der Waals surface area contributed by atoms with E-state index < -0.39 is 5.67 Å². The van der Waals surface area contributed by atoms with Crippen LogP contribution >= 0.6 is 0 Å². The molecule has 1 heterocycles. The van der Waals surface area contributed by atoms with E-state index in [4.69, 9.17) is 6.42 Å². The Morgan fingerprint density at radius 1 is 1.60 bits per heavy atom. The van der Waals surface area contributed by atoms with E-state index in [0.717, 1.165) is 29.0 Å². The molecule has 0 unspecified atom stereocenters. The van der Waals surface area contributed by atoms with Gasteiger partial charge in [0.2, 0.25) is 0 Å². The van der Waals surface area contributed by atoms with E-state index in [-0.39, 0.29) is 0 Å². The van der Waals surface area contributed by atoms with Crippen LogP contribution in [0.4, 0.5) is 4.39 Å². The van der Waals surface area contributed by atoms with Crippen molar-refractivity contribution in [3.05, 3.63) is 48.0 Å². The number of terminal acetylenes is 1. The van der Waals surface area contributed by atoms with Gasteiger partial charge in [-0.15, -0.1) is 0 Å². The average molecular weight is 342 g/mol. The summed E-state index contributed by atoms with van der Waals surface area (Å²) >= 11 is 0. The van der Waals surface area contributed by atoms with E-state index in [1.54, 1.807) is 18.1 Å². The molecular weight excluding hydrogens is 315 g/mol. The van der Waals surface area contributed by atoms with Crippen molar-refractivity contribution in [2.45, 2.75) is 38.8 Å². The minimum Gasteiger partial charge on any atom is -0.385 e. The Morgan fingerprint density at radius 3 is 2.92 bits per heavy atom. The van der Waals surface area contributed by atoms with Crippen LogP contribution in [0.3, 0.4) is 0 Å². The Kier molecular flexibility index (Phi) is 6.08. The summed E-state index contributed by atoms with van der Waals surface area (Å²) in [6.45, 7) is 12.9. The zero-order valence-corrected chi connectivity index (χ0v) is 15.1. The molecule has 0 radical (unpaired) electrons. The molecule has 0 atom stereocenters. The first-order chi connectivity index (χ1) is 11.8. The van der Waals surface area contributed by atoms with Crippen LogP contribution in [0, 0.1) is 18.4 Å². The quantitative estimate of drug-likeness (QED) is 0.524. The monoisotopic (exact) mass is 342 g/mol. The van der Waals surface area contributed by atoms with Crippen LogP contribution in [0.5, 0.6) is 0 Å². The summed E-state index contributed by atoms with van der Waals surface area (Å²) in [4.78, 5) is 0. The maximum Gasteiger partial charge on any atom is 0.108 e. The van der Waals surface area contributed by atoms with Crippen molar-refractivity contribution in [2.24, 2.45) is 11.0 Å². The minimum atomic E-state index is -0.980. The fourth-order valence-electron chi connectivity index (χ4n) is 3.12. The molecule has 0 bridgehead atoms. The lowest BCUT2D eigenvalue weighted by Gasteiger charge is -2.39. The van der Waals surface area contributed by atoms with Gasteiger partial charge < -0.3 is 10.6 Å². The molecule has 2 N–H and O–H groups in total. The molecule has 1 fully saturated rings. The number of hydrogen-bond donors (Lipinski definition) is 2. The van der Waals surface area contributed by atoms with Crippen LogP contribution in [0.25, 0.3) is 0 Å². The molecule has 1 aliphatic carbocycles. The number of rotatable bonds is 8. The molecule has 0 amide bonds. The molecule has 0 aromatic rings. The predicted octanol–water partition coefficient (Wildman–Crippen LogP) is 3.44. The van der Waals surface area contributed by atoms with Gasteiger partial charge in [0.1, 0.15) is 5.67 Å². The van der Waals surface area contributed by atoms with Crippen LogP contribution in [0.2, 0.25) is 0 Å². The summed E-state index contributed by atoms with van der Waals surface area (Å²) in [5, 5.41) is 12.2. The number of hydrogen-bond acceptors (Lipinski definition) is 4. The highest BCUT2D eigenvalue weighted by Crippen LogP contribution is 2.43. The minimum absolute atomic E-state index is 0.402. The smallest absolute Gasteiger partial charge is 0.108 e. The summed E-state index contributed by atoms with van der Waals surface area (Å²) in [6, 6.07) is 2.39. The van der Waals surface area contributed by atoms with Gasteiger partial charge in [0, 0.05) is 31.0 Å². The molecule has 0 saturated heterocycles. The number of halogens is 1. The Morgan fingerprint density at radius 2 is 2.32 bits per heavy atom. The number of allylic oxidation sites excluding steroid dienone is 2. The topological polar surface area (TPSA) is 39.7 Å². The number of nitrogens with zero attached hydrogens (tertiary/aromatic N) is 2. The molecule has 25 heavy (non-hydrogen) atoms. The zero-order chi connectivity index (χ0) is 18.4. The molecule has 2 rings (SSSR count). The highest BCUT2D eigenvalue weighted by molar-refractivity contribution is 5.81. The standard InChI is InChI=1S/C20H27FN4/c1-6-22-11-15(2)14-25-17(4)8-19(13-24-25)12-23-16(3)7-18-9-20(5,21)10-18/h1,8,13-14,18,22-23H,3-4,7,9-12H2,2,5H3/b15-14+. The van der Waals surface area contributed by atoms with Gasteiger partial charge in [0.15, 0.2) is 0 Å². The van der Waals surface area contributed by atoms with Crippen molar-refractivity contribution < 1.29 is 4.39 Å². The van der Waals surface area contributed by atoms with E-state index in [1.807, 2.05) is 19.2 Å². The molecule has 2 aliphatic rings. The van der Waals surface area contributed by atoms with Crippen LogP contribution < -0.4 is 10.6 Å². The third-order valence-electron chi connectivity index (χ3n) is 4.31. The Hall–Kier alpha value is -2.48. The van der Waals surface area contributed by atoms with Crippen molar-refractivity contribution in [1.82, 2.24) is 15.6 Å². The molecule has 5 heteroatoms. The first-order valence-corrected chi connectivity index (χ1v) is 8.48. The molecule has 0 aromatic heterocycles. The van der Waals surface area contributed by atoms with Crippen LogP contribution in [0.15, 0.2) is 53.1 Å². The normalized spacial score (nSPS) is 25.8. The van der Waals surface area contributed by atoms with E-state index in [1.165, 1.54) is 0 Å². The molecule has 0 spiro atoms. The van der Waals surface area contributed by atoms with Crippen molar-refractivity contribution in [3.8, 4) is 12.5 Å². The van der Waals surface area contributed by atoms with Gasteiger partial charge in [0.05, 0.1) is 11.9 Å². The second kappa shape index (κ2) is 8.06. The van der Waals surface area contributed by atoms with Crippen molar-refractivity contribution >= 4 is 6.21 Å². The Balaban J connectivity index is 1.76. The molecule has 1 saturated carbocycles. The second-order valence-electron chi connectivity index (χ2n) is 7.12. The Bertz CT molecular complexity index is 656. The average Bonchev–Trinajstić information content (AvgIpc) is 2.51. The van der Waals surface area contributed by atoms with Crippen LogP contribution in [0.1, 0.15) is 33.1 Å². The summed E-state index contributed by atoms with van der Waals surface area (Å²) < 4.78 is 13.5. The SMILES string of the molecule is C#CNC/C(C)=C/N1N=CC(CNC(=C)CC2CC(C)(F)C2)=CC1=C. The fourth-order valence-corrected chi connectivity index (χ4v) is 3.12. The highest BCUT2D eigenvalue weighted by Gasteiger charge is 2.40.